The van der Waals surface area contributed by atoms with E-state index >= 15 is 0 Å². The third kappa shape index (κ3) is 11.6. The summed E-state index contributed by atoms with van der Waals surface area (Å²) in [5.41, 5.74) is 6.41. The number of nitrogens with one attached hydrogen (secondary N) is 10. The summed E-state index contributed by atoms with van der Waals surface area (Å²) >= 11 is 0. The maximum absolute atomic E-state index is 13.9. The third-order valence-corrected chi connectivity index (χ3v) is 15.9. The number of hydrogen-bond donors (Lipinski definition) is 11. The van der Waals surface area contributed by atoms with Gasteiger partial charge in [-0.05, 0) is 69.1 Å². The van der Waals surface area contributed by atoms with Crippen LogP contribution in [0.1, 0.15) is 82.6 Å². The van der Waals surface area contributed by atoms with E-state index in [1.165, 1.54) is 0 Å². The molecular formula is C48H71N11O9. The van der Waals surface area contributed by atoms with Crippen molar-refractivity contribution in [2.45, 2.75) is 126 Å². The molecule has 20 heteroatoms. The minimum Gasteiger partial charge on any atom is -0.497 e. The molecule has 3 heterocycles. The zero-order valence-corrected chi connectivity index (χ0v) is 39.1. The Labute approximate surface area is 397 Å². The fraction of sp³-hybridized carbons (Fsp3) is 0.708. The number of amides is 8. The Balaban J connectivity index is 0.788. The van der Waals surface area contributed by atoms with E-state index in [4.69, 9.17) is 10.5 Å². The molecule has 0 aromatic heterocycles. The first kappa shape index (κ1) is 49.1. The molecule has 4 aliphatic carbocycles. The van der Waals surface area contributed by atoms with Crippen LogP contribution in [0.5, 0.6) is 5.75 Å². The normalized spacial score (nSPS) is 34.2. The zero-order chi connectivity index (χ0) is 47.9. The maximum atomic E-state index is 13.9. The van der Waals surface area contributed by atoms with E-state index in [1.807, 2.05) is 12.1 Å². The molecule has 1 aromatic carbocycles. The molecule has 372 valence electrons. The van der Waals surface area contributed by atoms with Crippen LogP contribution in [0.2, 0.25) is 0 Å². The van der Waals surface area contributed by atoms with Crippen LogP contribution in [0.4, 0.5) is 0 Å². The van der Waals surface area contributed by atoms with E-state index in [0.29, 0.717) is 96.4 Å². The lowest BCUT2D eigenvalue weighted by Crippen LogP contribution is -2.55. The highest BCUT2D eigenvalue weighted by Crippen LogP contribution is 2.31. The molecule has 14 atom stereocenters. The number of ether oxygens (including phenoxy) is 1. The monoisotopic (exact) mass is 946 g/mol. The Bertz CT molecular complexity index is 2040. The van der Waals surface area contributed by atoms with Gasteiger partial charge < -0.3 is 63.6 Å². The molecule has 3 aliphatic heterocycles. The number of primary amides is 1. The van der Waals surface area contributed by atoms with Gasteiger partial charge in [-0.15, -0.1) is 0 Å². The molecule has 12 N–H and O–H groups in total. The van der Waals surface area contributed by atoms with Crippen LogP contribution < -0.4 is 63.6 Å². The minimum atomic E-state index is -0.570. The van der Waals surface area contributed by atoms with Crippen molar-refractivity contribution in [1.29, 1.82) is 0 Å². The summed E-state index contributed by atoms with van der Waals surface area (Å²) in [6, 6.07) is 4.50. The summed E-state index contributed by atoms with van der Waals surface area (Å²) < 4.78 is 5.21. The van der Waals surface area contributed by atoms with Gasteiger partial charge in [0.15, 0.2) is 0 Å². The van der Waals surface area contributed by atoms with E-state index in [0.717, 1.165) is 31.2 Å². The molecule has 20 nitrogen and oxygen atoms in total. The van der Waals surface area contributed by atoms with Crippen molar-refractivity contribution < 1.29 is 43.1 Å². The Hall–Kier alpha value is -5.34. The van der Waals surface area contributed by atoms with Crippen LogP contribution in [0.15, 0.2) is 24.3 Å². The average Bonchev–Trinajstić information content (AvgIpc) is 4.17. The number of carbonyl (C=O) groups excluding carboxylic acids is 8. The quantitative estimate of drug-likeness (QED) is 0.0807. The molecule has 0 spiro atoms. The summed E-state index contributed by atoms with van der Waals surface area (Å²) in [6.45, 7) is 2.35. The molecule has 7 fully saturated rings. The van der Waals surface area contributed by atoms with Crippen molar-refractivity contribution in [3.8, 4) is 5.75 Å². The van der Waals surface area contributed by atoms with E-state index in [-0.39, 0.29) is 59.9 Å². The van der Waals surface area contributed by atoms with Crippen molar-refractivity contribution in [1.82, 2.24) is 53.2 Å². The second-order valence-corrected chi connectivity index (χ2v) is 20.2. The second kappa shape index (κ2) is 22.4. The van der Waals surface area contributed by atoms with Crippen LogP contribution in [0.25, 0.3) is 0 Å². The lowest BCUT2D eigenvalue weighted by atomic mass is 9.95. The zero-order valence-electron chi connectivity index (χ0n) is 39.1. The Morgan fingerprint density at radius 3 is 1.13 bits per heavy atom. The first-order chi connectivity index (χ1) is 32.9. The van der Waals surface area contributed by atoms with Crippen LogP contribution in [-0.2, 0) is 44.8 Å². The van der Waals surface area contributed by atoms with Gasteiger partial charge >= 0.3 is 0 Å². The number of benzene rings is 1. The van der Waals surface area contributed by atoms with Crippen molar-refractivity contribution in [2.75, 3.05) is 46.4 Å². The van der Waals surface area contributed by atoms with Crippen LogP contribution in [0.3, 0.4) is 0 Å². The van der Waals surface area contributed by atoms with Gasteiger partial charge in [0.05, 0.1) is 73.1 Å². The molecule has 0 unspecified atom stereocenters. The van der Waals surface area contributed by atoms with Crippen molar-refractivity contribution in [3.05, 3.63) is 29.8 Å². The first-order valence-corrected chi connectivity index (χ1v) is 25.0. The van der Waals surface area contributed by atoms with Crippen LogP contribution in [0, 0.1) is 41.4 Å². The van der Waals surface area contributed by atoms with E-state index in [1.54, 1.807) is 19.2 Å². The average molecular weight is 946 g/mol. The Morgan fingerprint density at radius 1 is 0.441 bits per heavy atom. The third-order valence-electron chi connectivity index (χ3n) is 15.9. The fourth-order valence-corrected chi connectivity index (χ4v) is 12.1. The van der Waals surface area contributed by atoms with Gasteiger partial charge in [0.2, 0.25) is 47.3 Å². The lowest BCUT2D eigenvalue weighted by molar-refractivity contribution is -0.131. The molecule has 0 radical (unpaired) electrons. The molecule has 3 saturated heterocycles. The largest absolute Gasteiger partial charge is 0.497 e. The van der Waals surface area contributed by atoms with Gasteiger partial charge in [-0.1, -0.05) is 37.8 Å². The summed E-state index contributed by atoms with van der Waals surface area (Å²) in [5.74, 6) is -4.59. The number of nitrogens with two attached hydrogens (primary N) is 1. The Morgan fingerprint density at radius 2 is 0.765 bits per heavy atom. The van der Waals surface area contributed by atoms with Crippen LogP contribution >= 0.6 is 0 Å². The molecule has 8 amide bonds. The Kier molecular flexibility index (Phi) is 16.2. The standard InChI is InChI=1S/C48H71N11O9/c1-68-26-16-14-25(15-17-26)18-41(60)53-35-11-3-7-28(35)43(62)57-39-23-51-20-32(39)47(66)55-37-13-5-9-30(37)45(64)59-40-24-52-21-33(40)48(67)56-36-12-4-8-29(36)44(63)58-38-22-50-19-31(38)46(65)54-34-10-2-6-27(34)42(49)61/h14-17,27-40,50-52H,2-13,18-24H2,1H3,(H2,49,61)(H,53,60)(H,54,65)(H,55,66)(H,56,67)(H,57,62)(H,58,63)(H,59,64)/t27-,28-,29-,30-,31-,32-,33-,34-,35-,36-,37-,38-,39-,40-/m1/s1. The summed E-state index contributed by atoms with van der Waals surface area (Å²) in [6.07, 6.45) is 8.38. The molecule has 1 aromatic rings. The highest BCUT2D eigenvalue weighted by Gasteiger charge is 2.45. The smallest absolute Gasteiger partial charge is 0.226 e. The summed E-state index contributed by atoms with van der Waals surface area (Å²) in [5, 5.41) is 31.3. The van der Waals surface area contributed by atoms with Gasteiger partial charge in [0.25, 0.3) is 0 Å². The fourth-order valence-electron chi connectivity index (χ4n) is 12.1. The van der Waals surface area contributed by atoms with Gasteiger partial charge in [-0.25, -0.2) is 0 Å². The lowest BCUT2D eigenvalue weighted by Gasteiger charge is -2.28. The number of hydrogen-bond acceptors (Lipinski definition) is 12. The van der Waals surface area contributed by atoms with Gasteiger partial charge in [-0.2, -0.15) is 0 Å². The number of rotatable bonds is 17. The number of methoxy groups -OCH3 is 1. The van der Waals surface area contributed by atoms with E-state index < -0.39 is 77.5 Å². The summed E-state index contributed by atoms with van der Waals surface area (Å²) in [4.78, 5) is 107. The molecule has 0 bridgehead atoms. The predicted octanol–water partition coefficient (Wildman–Crippen LogP) is -2.02. The highest BCUT2D eigenvalue weighted by atomic mass is 16.5. The first-order valence-electron chi connectivity index (χ1n) is 25.0. The topological polar surface area (TPSA) is 292 Å². The second-order valence-electron chi connectivity index (χ2n) is 20.2. The SMILES string of the molecule is COc1ccc(CC(=O)N[C@@H]2CCC[C@H]2C(=O)N[C@@H]2CNC[C@H]2C(=O)N[C@@H]2CCC[C@H]2C(=O)N[C@@H]2CNC[C@H]2C(=O)N[C@@H]2CCC[C@H]2C(=O)N[C@@H]2CNC[C@H]2C(=O)N[C@@H]2CCC[C@H]2C(N)=O)cc1. The molecular weight excluding hydrogens is 875 g/mol. The predicted molar refractivity (Wildman–Crippen MR) is 248 cm³/mol. The van der Waals surface area contributed by atoms with Crippen molar-refractivity contribution in [3.63, 3.8) is 0 Å². The maximum Gasteiger partial charge on any atom is 0.226 e. The number of carbonyl (C=O) groups is 8. The van der Waals surface area contributed by atoms with Gasteiger partial charge in [0, 0.05) is 63.4 Å². The molecule has 4 saturated carbocycles. The van der Waals surface area contributed by atoms with E-state index in [9.17, 15) is 38.4 Å². The van der Waals surface area contributed by atoms with Crippen molar-refractivity contribution in [2.24, 2.45) is 47.2 Å². The molecule has 8 rings (SSSR count). The van der Waals surface area contributed by atoms with Crippen LogP contribution in [-0.4, -0.2) is 136 Å². The molecule has 7 aliphatic rings. The highest BCUT2D eigenvalue weighted by molar-refractivity contribution is 5.88. The molecule has 68 heavy (non-hydrogen) atoms. The van der Waals surface area contributed by atoms with Crippen molar-refractivity contribution >= 4 is 47.3 Å². The van der Waals surface area contributed by atoms with Gasteiger partial charge in [0.1, 0.15) is 5.75 Å². The van der Waals surface area contributed by atoms with Gasteiger partial charge in [-0.3, -0.25) is 38.4 Å². The summed E-state index contributed by atoms with van der Waals surface area (Å²) in [7, 11) is 1.59. The van der Waals surface area contributed by atoms with E-state index in [2.05, 4.69) is 53.2 Å². The minimum absolute atomic E-state index is 0.156.